The molecular formula is C34H20O2. The van der Waals surface area contributed by atoms with Crippen LogP contribution in [0.4, 0.5) is 0 Å². The van der Waals surface area contributed by atoms with Crippen LogP contribution in [0, 0.1) is 0 Å². The highest BCUT2D eigenvalue weighted by atomic mass is 16.3. The zero-order valence-electron chi connectivity index (χ0n) is 19.4. The molecule has 0 aliphatic heterocycles. The van der Waals surface area contributed by atoms with Gasteiger partial charge in [0.25, 0.3) is 0 Å². The number of benzene rings is 6. The zero-order chi connectivity index (χ0) is 23.6. The summed E-state index contributed by atoms with van der Waals surface area (Å²) in [6.07, 6.45) is 0. The maximum atomic E-state index is 6.48. The number of rotatable bonds is 2. The summed E-state index contributed by atoms with van der Waals surface area (Å²) >= 11 is 0. The van der Waals surface area contributed by atoms with Crippen molar-refractivity contribution in [3.8, 4) is 22.3 Å². The summed E-state index contributed by atoms with van der Waals surface area (Å²) in [5.74, 6) is 0. The lowest BCUT2D eigenvalue weighted by Gasteiger charge is -2.11. The van der Waals surface area contributed by atoms with Crippen LogP contribution < -0.4 is 0 Å². The highest BCUT2D eigenvalue weighted by Gasteiger charge is 2.17. The fourth-order valence-electron chi connectivity index (χ4n) is 5.49. The molecule has 8 aromatic rings. The van der Waals surface area contributed by atoms with E-state index in [0.29, 0.717) is 0 Å². The van der Waals surface area contributed by atoms with Gasteiger partial charge in [-0.25, -0.2) is 0 Å². The molecule has 0 radical (unpaired) electrons. The molecule has 0 aliphatic carbocycles. The maximum Gasteiger partial charge on any atom is 0.136 e. The molecule has 0 saturated carbocycles. The minimum Gasteiger partial charge on any atom is -0.456 e. The first kappa shape index (κ1) is 19.5. The number of fused-ring (bicyclic) bond motifs is 7. The van der Waals surface area contributed by atoms with E-state index in [9.17, 15) is 0 Å². The second kappa shape index (κ2) is 7.34. The third kappa shape index (κ3) is 2.85. The molecule has 0 saturated heterocycles. The summed E-state index contributed by atoms with van der Waals surface area (Å²) in [6, 6.07) is 42.5. The van der Waals surface area contributed by atoms with Crippen LogP contribution in [0.1, 0.15) is 0 Å². The van der Waals surface area contributed by atoms with Gasteiger partial charge < -0.3 is 8.83 Å². The Morgan fingerprint density at radius 1 is 0.333 bits per heavy atom. The van der Waals surface area contributed by atoms with Crippen LogP contribution in [-0.4, -0.2) is 0 Å². The Morgan fingerprint density at radius 2 is 0.750 bits per heavy atom. The van der Waals surface area contributed by atoms with Crippen LogP contribution in [0.15, 0.2) is 130 Å². The Balaban J connectivity index is 1.44. The molecule has 2 nitrogen and oxygen atoms in total. The van der Waals surface area contributed by atoms with Crippen molar-refractivity contribution in [3.63, 3.8) is 0 Å². The van der Waals surface area contributed by atoms with Crippen molar-refractivity contribution in [1.29, 1.82) is 0 Å². The molecule has 0 unspecified atom stereocenters. The van der Waals surface area contributed by atoms with E-state index in [1.165, 1.54) is 27.5 Å². The third-order valence-corrected chi connectivity index (χ3v) is 7.24. The molecule has 2 heteroatoms. The SMILES string of the molecule is c1ccc(-c2cc3oc4cc5c(cc4c3cc2-c2ccccc2)oc2cc3ccccc3cc25)cc1. The zero-order valence-corrected chi connectivity index (χ0v) is 19.4. The van der Waals surface area contributed by atoms with Crippen molar-refractivity contribution >= 4 is 54.6 Å². The van der Waals surface area contributed by atoms with E-state index in [-0.39, 0.29) is 0 Å². The summed E-state index contributed by atoms with van der Waals surface area (Å²) in [4.78, 5) is 0. The van der Waals surface area contributed by atoms with E-state index < -0.39 is 0 Å². The number of hydrogen-bond acceptors (Lipinski definition) is 2. The van der Waals surface area contributed by atoms with Crippen LogP contribution in [0.5, 0.6) is 0 Å². The van der Waals surface area contributed by atoms with E-state index in [0.717, 1.165) is 49.4 Å². The van der Waals surface area contributed by atoms with Crippen molar-refractivity contribution < 1.29 is 8.83 Å². The Bertz CT molecular complexity index is 2080. The molecule has 0 N–H and O–H groups in total. The highest BCUT2D eigenvalue weighted by Crippen LogP contribution is 2.42. The van der Waals surface area contributed by atoms with Gasteiger partial charge in [-0.15, -0.1) is 0 Å². The van der Waals surface area contributed by atoms with Gasteiger partial charge in [0.1, 0.15) is 22.3 Å². The summed E-state index contributed by atoms with van der Waals surface area (Å²) in [5, 5.41) is 6.74. The summed E-state index contributed by atoms with van der Waals surface area (Å²) in [5.41, 5.74) is 8.24. The lowest BCUT2D eigenvalue weighted by Crippen LogP contribution is -1.85. The van der Waals surface area contributed by atoms with E-state index in [1.807, 2.05) is 6.07 Å². The van der Waals surface area contributed by atoms with Crippen molar-refractivity contribution in [1.82, 2.24) is 0 Å². The van der Waals surface area contributed by atoms with Crippen molar-refractivity contribution in [2.24, 2.45) is 0 Å². The molecule has 0 amide bonds. The average molecular weight is 461 g/mol. The van der Waals surface area contributed by atoms with Gasteiger partial charge in [-0.05, 0) is 69.4 Å². The molecule has 0 spiro atoms. The lowest BCUT2D eigenvalue weighted by molar-refractivity contribution is 0.664. The average Bonchev–Trinajstić information content (AvgIpc) is 3.46. The van der Waals surface area contributed by atoms with E-state index in [4.69, 9.17) is 8.83 Å². The number of hydrogen-bond donors (Lipinski definition) is 0. The number of furan rings is 2. The predicted molar refractivity (Wildman–Crippen MR) is 149 cm³/mol. The second-order valence-corrected chi connectivity index (χ2v) is 9.37. The van der Waals surface area contributed by atoms with Crippen LogP contribution in [0.2, 0.25) is 0 Å². The summed E-state index contributed by atoms with van der Waals surface area (Å²) < 4.78 is 12.8. The van der Waals surface area contributed by atoms with Gasteiger partial charge in [-0.1, -0.05) is 84.9 Å². The maximum absolute atomic E-state index is 6.48. The summed E-state index contributed by atoms with van der Waals surface area (Å²) in [7, 11) is 0. The van der Waals surface area contributed by atoms with Gasteiger partial charge in [0, 0.05) is 21.5 Å². The second-order valence-electron chi connectivity index (χ2n) is 9.37. The van der Waals surface area contributed by atoms with Crippen LogP contribution in [0.25, 0.3) is 76.9 Å². The van der Waals surface area contributed by atoms with Gasteiger partial charge in [0.05, 0.1) is 0 Å². The monoisotopic (exact) mass is 460 g/mol. The third-order valence-electron chi connectivity index (χ3n) is 7.24. The Labute approximate surface area is 207 Å². The van der Waals surface area contributed by atoms with E-state index in [1.54, 1.807) is 0 Å². The fourth-order valence-corrected chi connectivity index (χ4v) is 5.49. The van der Waals surface area contributed by atoms with Gasteiger partial charge in [-0.2, -0.15) is 0 Å². The smallest absolute Gasteiger partial charge is 0.136 e. The molecule has 168 valence electrons. The first-order chi connectivity index (χ1) is 17.8. The Hall–Kier alpha value is -4.82. The molecule has 0 atom stereocenters. The largest absolute Gasteiger partial charge is 0.456 e. The molecule has 0 fully saturated rings. The van der Waals surface area contributed by atoms with Gasteiger partial charge in [-0.3, -0.25) is 0 Å². The molecule has 2 heterocycles. The van der Waals surface area contributed by atoms with Crippen molar-refractivity contribution in [2.75, 3.05) is 0 Å². The van der Waals surface area contributed by atoms with Crippen LogP contribution in [0.3, 0.4) is 0 Å². The molecule has 2 aromatic heterocycles. The lowest BCUT2D eigenvalue weighted by atomic mass is 9.93. The van der Waals surface area contributed by atoms with Gasteiger partial charge >= 0.3 is 0 Å². The molecular weight excluding hydrogens is 440 g/mol. The first-order valence-corrected chi connectivity index (χ1v) is 12.2. The molecule has 36 heavy (non-hydrogen) atoms. The topological polar surface area (TPSA) is 26.3 Å². The molecule has 6 aromatic carbocycles. The van der Waals surface area contributed by atoms with Crippen molar-refractivity contribution in [2.45, 2.75) is 0 Å². The highest BCUT2D eigenvalue weighted by molar-refractivity contribution is 6.17. The minimum absolute atomic E-state index is 0.873. The van der Waals surface area contributed by atoms with E-state index >= 15 is 0 Å². The van der Waals surface area contributed by atoms with E-state index in [2.05, 4.69) is 115 Å². The van der Waals surface area contributed by atoms with Crippen molar-refractivity contribution in [3.05, 3.63) is 121 Å². The fraction of sp³-hybridized carbons (Fsp3) is 0. The first-order valence-electron chi connectivity index (χ1n) is 12.2. The summed E-state index contributed by atoms with van der Waals surface area (Å²) in [6.45, 7) is 0. The molecule has 0 bridgehead atoms. The Morgan fingerprint density at radius 3 is 1.36 bits per heavy atom. The van der Waals surface area contributed by atoms with Gasteiger partial charge in [0.15, 0.2) is 0 Å². The quantitative estimate of drug-likeness (QED) is 0.256. The van der Waals surface area contributed by atoms with Gasteiger partial charge in [0.2, 0.25) is 0 Å². The van der Waals surface area contributed by atoms with Crippen LogP contribution >= 0.6 is 0 Å². The normalized spacial score (nSPS) is 11.9. The molecule has 8 rings (SSSR count). The predicted octanol–water partition coefficient (Wildman–Crippen LogP) is 9.97. The standard InChI is InChI=1S/C34H20O2/c1-3-9-21(10-4-1)25-17-28-30-20-33-29(27-15-23-13-7-8-14-24(23)16-31(27)35-33)19-34(30)36-32(28)18-26(25)22-11-5-2-6-12-22/h1-20H. The Kier molecular flexibility index (Phi) is 3.97. The minimum atomic E-state index is 0.873. The molecule has 0 aliphatic rings. The van der Waals surface area contributed by atoms with Crippen LogP contribution in [-0.2, 0) is 0 Å².